The van der Waals surface area contributed by atoms with E-state index in [1.807, 2.05) is 0 Å². The lowest BCUT2D eigenvalue weighted by molar-refractivity contribution is 0.0997. The number of sulfone groups is 1. The van der Waals surface area contributed by atoms with E-state index in [1.54, 1.807) is 0 Å². The van der Waals surface area contributed by atoms with Crippen LogP contribution in [0.3, 0.4) is 0 Å². The summed E-state index contributed by atoms with van der Waals surface area (Å²) in [6.07, 6.45) is 8.72. The minimum atomic E-state index is -2.80. The molecule has 4 nitrogen and oxygen atoms in total. The van der Waals surface area contributed by atoms with E-state index in [4.69, 9.17) is 0 Å². The second-order valence-electron chi connectivity index (χ2n) is 6.03. The quantitative estimate of drug-likeness (QED) is 0.832. The fourth-order valence-corrected chi connectivity index (χ4v) is 4.00. The molecule has 106 valence electrons. The van der Waals surface area contributed by atoms with E-state index in [0.717, 1.165) is 32.6 Å². The van der Waals surface area contributed by atoms with Gasteiger partial charge in [-0.1, -0.05) is 19.3 Å². The Bertz CT molecular complexity index is 356. The average Bonchev–Trinajstić information content (AvgIpc) is 2.28. The van der Waals surface area contributed by atoms with Crippen LogP contribution >= 0.6 is 0 Å². The molecule has 1 spiro atoms. The van der Waals surface area contributed by atoms with Gasteiger partial charge in [-0.05, 0) is 25.8 Å². The highest BCUT2D eigenvalue weighted by atomic mass is 32.2. The Labute approximate surface area is 111 Å². The smallest absolute Gasteiger partial charge is 0.147 e. The third kappa shape index (κ3) is 4.21. The number of hydrogen-bond donors (Lipinski definition) is 1. The van der Waals surface area contributed by atoms with Crippen molar-refractivity contribution in [2.75, 3.05) is 38.2 Å². The lowest BCUT2D eigenvalue weighted by Crippen LogP contribution is -2.61. The highest BCUT2D eigenvalue weighted by molar-refractivity contribution is 7.90. The lowest BCUT2D eigenvalue weighted by Gasteiger charge is -2.46. The van der Waals surface area contributed by atoms with Gasteiger partial charge in [-0.3, -0.25) is 0 Å². The Kier molecular flexibility index (Phi) is 4.67. The molecule has 0 aromatic heterocycles. The van der Waals surface area contributed by atoms with Crippen LogP contribution in [0.5, 0.6) is 0 Å². The van der Waals surface area contributed by atoms with Gasteiger partial charge in [0.15, 0.2) is 0 Å². The van der Waals surface area contributed by atoms with Gasteiger partial charge in [-0.25, -0.2) is 8.42 Å². The lowest BCUT2D eigenvalue weighted by atomic mass is 9.80. The highest BCUT2D eigenvalue weighted by Crippen LogP contribution is 2.30. The van der Waals surface area contributed by atoms with Gasteiger partial charge in [0.05, 0.1) is 5.75 Å². The fraction of sp³-hybridized carbons (Fsp3) is 1.00. The minimum Gasteiger partial charge on any atom is -0.309 e. The summed E-state index contributed by atoms with van der Waals surface area (Å²) in [6, 6.07) is 0. The van der Waals surface area contributed by atoms with Gasteiger partial charge in [-0.15, -0.1) is 0 Å². The molecule has 1 heterocycles. The minimum absolute atomic E-state index is 0.323. The molecule has 1 aliphatic heterocycles. The molecule has 0 bridgehead atoms. The maximum absolute atomic E-state index is 11.1. The van der Waals surface area contributed by atoms with Crippen LogP contribution < -0.4 is 5.32 Å². The molecule has 0 unspecified atom stereocenters. The maximum Gasteiger partial charge on any atom is 0.147 e. The van der Waals surface area contributed by atoms with Gasteiger partial charge in [-0.2, -0.15) is 0 Å². The first-order valence-electron chi connectivity index (χ1n) is 7.14. The zero-order valence-corrected chi connectivity index (χ0v) is 12.3. The normalized spacial score (nSPS) is 25.4. The van der Waals surface area contributed by atoms with Crippen molar-refractivity contribution in [3.8, 4) is 0 Å². The van der Waals surface area contributed by atoms with Crippen LogP contribution in [-0.4, -0.2) is 57.0 Å². The summed E-state index contributed by atoms with van der Waals surface area (Å²) >= 11 is 0. The van der Waals surface area contributed by atoms with E-state index in [2.05, 4.69) is 10.2 Å². The molecule has 5 heteroatoms. The van der Waals surface area contributed by atoms with Crippen molar-refractivity contribution >= 4 is 9.84 Å². The molecular formula is C13H26N2O2S. The summed E-state index contributed by atoms with van der Waals surface area (Å²) in [6.45, 7) is 4.15. The first-order chi connectivity index (χ1) is 8.49. The fourth-order valence-electron chi connectivity index (χ4n) is 3.35. The summed E-state index contributed by atoms with van der Waals surface area (Å²) < 4.78 is 22.3. The van der Waals surface area contributed by atoms with Crippen LogP contribution in [0, 0.1) is 0 Å². The number of rotatable bonds is 4. The van der Waals surface area contributed by atoms with Crippen LogP contribution in [0.15, 0.2) is 0 Å². The Balaban J connectivity index is 1.79. The van der Waals surface area contributed by atoms with Crippen LogP contribution in [0.1, 0.15) is 38.5 Å². The third-order valence-corrected chi connectivity index (χ3v) is 5.28. The monoisotopic (exact) mass is 274 g/mol. The van der Waals surface area contributed by atoms with Gasteiger partial charge in [0.1, 0.15) is 9.84 Å². The Morgan fingerprint density at radius 3 is 2.61 bits per heavy atom. The van der Waals surface area contributed by atoms with Gasteiger partial charge >= 0.3 is 0 Å². The molecule has 0 aromatic carbocycles. The van der Waals surface area contributed by atoms with E-state index >= 15 is 0 Å². The summed E-state index contributed by atoms with van der Waals surface area (Å²) in [5.41, 5.74) is 0.335. The van der Waals surface area contributed by atoms with Crippen LogP contribution in [0.2, 0.25) is 0 Å². The van der Waals surface area contributed by atoms with E-state index in [-0.39, 0.29) is 0 Å². The molecule has 0 aromatic rings. The molecular weight excluding hydrogens is 248 g/mol. The van der Waals surface area contributed by atoms with Crippen molar-refractivity contribution < 1.29 is 8.42 Å². The van der Waals surface area contributed by atoms with E-state index in [1.165, 1.54) is 38.4 Å². The molecule has 1 saturated heterocycles. The Hall–Kier alpha value is -0.130. The highest BCUT2D eigenvalue weighted by Gasteiger charge is 2.35. The van der Waals surface area contributed by atoms with Crippen LogP contribution in [-0.2, 0) is 9.84 Å². The molecule has 1 N–H and O–H groups in total. The van der Waals surface area contributed by atoms with Crippen LogP contribution in [0.25, 0.3) is 0 Å². The summed E-state index contributed by atoms with van der Waals surface area (Å²) in [4.78, 5) is 2.45. The standard InChI is InChI=1S/C13H26N2O2S/c1-18(16,17)11-5-9-15-10-8-14-13(12-15)6-3-2-4-7-13/h14H,2-12H2,1H3. The number of piperazine rings is 1. The summed E-state index contributed by atoms with van der Waals surface area (Å²) in [5, 5.41) is 3.71. The van der Waals surface area contributed by atoms with Crippen molar-refractivity contribution in [1.82, 2.24) is 10.2 Å². The summed E-state index contributed by atoms with van der Waals surface area (Å²) in [7, 11) is -2.80. The molecule has 2 fully saturated rings. The molecule has 18 heavy (non-hydrogen) atoms. The van der Waals surface area contributed by atoms with Gasteiger partial charge in [0, 0.05) is 31.4 Å². The first-order valence-corrected chi connectivity index (χ1v) is 9.20. The topological polar surface area (TPSA) is 49.4 Å². The maximum atomic E-state index is 11.1. The second kappa shape index (κ2) is 5.88. The third-order valence-electron chi connectivity index (χ3n) is 4.25. The zero-order chi connectivity index (χ0) is 13.1. The second-order valence-corrected chi connectivity index (χ2v) is 8.29. The first kappa shape index (κ1) is 14.3. The van der Waals surface area contributed by atoms with Crippen molar-refractivity contribution in [3.63, 3.8) is 0 Å². The molecule has 2 aliphatic rings. The van der Waals surface area contributed by atoms with Crippen molar-refractivity contribution in [3.05, 3.63) is 0 Å². The van der Waals surface area contributed by atoms with Crippen molar-refractivity contribution in [2.45, 2.75) is 44.1 Å². The molecule has 0 radical (unpaired) electrons. The van der Waals surface area contributed by atoms with Crippen LogP contribution in [0.4, 0.5) is 0 Å². The predicted octanol–water partition coefficient (Wildman–Crippen LogP) is 1.03. The number of hydrogen-bond acceptors (Lipinski definition) is 4. The van der Waals surface area contributed by atoms with Crippen molar-refractivity contribution in [2.24, 2.45) is 0 Å². The van der Waals surface area contributed by atoms with Gasteiger partial charge < -0.3 is 10.2 Å². The molecule has 1 aliphatic carbocycles. The predicted molar refractivity (Wildman–Crippen MR) is 74.6 cm³/mol. The number of nitrogens with one attached hydrogen (secondary N) is 1. The summed E-state index contributed by atoms with van der Waals surface area (Å²) in [5.74, 6) is 0.323. The van der Waals surface area contributed by atoms with Gasteiger partial charge in [0.25, 0.3) is 0 Å². The molecule has 2 rings (SSSR count). The van der Waals surface area contributed by atoms with Crippen molar-refractivity contribution in [1.29, 1.82) is 0 Å². The largest absolute Gasteiger partial charge is 0.309 e. The van der Waals surface area contributed by atoms with E-state index < -0.39 is 9.84 Å². The SMILES string of the molecule is CS(=O)(=O)CCCN1CCNC2(CCCCC2)C1. The average molecular weight is 274 g/mol. The number of nitrogens with zero attached hydrogens (tertiary/aromatic N) is 1. The zero-order valence-electron chi connectivity index (χ0n) is 11.5. The molecule has 0 amide bonds. The Morgan fingerprint density at radius 2 is 1.94 bits per heavy atom. The molecule has 1 saturated carbocycles. The van der Waals surface area contributed by atoms with E-state index in [9.17, 15) is 8.42 Å². The Morgan fingerprint density at radius 1 is 1.22 bits per heavy atom. The van der Waals surface area contributed by atoms with Gasteiger partial charge in [0.2, 0.25) is 0 Å². The molecule has 0 atom stereocenters. The van der Waals surface area contributed by atoms with E-state index in [0.29, 0.717) is 11.3 Å².